The molecule has 4 rings (SSSR count). The van der Waals surface area contributed by atoms with Crippen LogP contribution in [0.3, 0.4) is 0 Å². The van der Waals surface area contributed by atoms with Gasteiger partial charge < -0.3 is 0 Å². The van der Waals surface area contributed by atoms with E-state index in [1.54, 1.807) is 0 Å². The summed E-state index contributed by atoms with van der Waals surface area (Å²) in [7, 11) is -0.0497. The van der Waals surface area contributed by atoms with Crippen molar-refractivity contribution in [3.8, 4) is 17.2 Å². The molecular formula is C21H12Ar2NOP. The van der Waals surface area contributed by atoms with Gasteiger partial charge in [-0.05, 0) is 33.7 Å². The van der Waals surface area contributed by atoms with E-state index in [9.17, 15) is 9.83 Å². The van der Waals surface area contributed by atoms with Crippen LogP contribution in [0.1, 0.15) is 5.56 Å². The summed E-state index contributed by atoms with van der Waals surface area (Å²) in [5.74, 6) is 0. The third-order valence-corrected chi connectivity index (χ3v) is 4.87. The molecule has 0 atom stereocenters. The molecule has 0 amide bonds. The second-order valence-electron chi connectivity index (χ2n) is 5.59. The largest absolute Gasteiger partial charge is 0.269 e. The van der Waals surface area contributed by atoms with Gasteiger partial charge in [0.25, 0.3) is 0 Å². The van der Waals surface area contributed by atoms with Crippen molar-refractivity contribution in [2.24, 2.45) is 0 Å². The molecule has 2 nitrogen and oxygen atoms in total. The van der Waals surface area contributed by atoms with Crippen LogP contribution in [0.25, 0.3) is 32.7 Å². The number of fused-ring (bicyclic) bond motifs is 2. The summed E-state index contributed by atoms with van der Waals surface area (Å²) >= 11 is 0. The Bertz CT molecular complexity index is 1150. The second kappa shape index (κ2) is 9.63. The molecule has 128 valence electrons. The van der Waals surface area contributed by atoms with Crippen LogP contribution in [0.5, 0.6) is 0 Å². The summed E-state index contributed by atoms with van der Waals surface area (Å²) in [6.07, 6.45) is 0. The van der Waals surface area contributed by atoms with Crippen LogP contribution in [0, 0.1) is 86.8 Å². The predicted molar refractivity (Wildman–Crippen MR) is 98.8 cm³/mol. The van der Waals surface area contributed by atoms with Crippen LogP contribution in [0.15, 0.2) is 72.8 Å². The van der Waals surface area contributed by atoms with Gasteiger partial charge in [0, 0.05) is 86.6 Å². The Morgan fingerprint density at radius 1 is 0.692 bits per heavy atom. The zero-order valence-electron chi connectivity index (χ0n) is 13.4. The Balaban J connectivity index is 0.00000121. The smallest absolute Gasteiger partial charge is 0.192 e. The topological polar surface area (TPSA) is 40.9 Å². The number of nitriles is 1. The standard InChI is InChI=1S/C21H12NOP.2Ar/c22-13-16-10-9-14-5-1-3-7-17(14)20(16)21-18-8-4-2-6-15(18)11-12-19(21)24-23;;/h1-12H;;. The molecule has 4 aromatic rings. The van der Waals surface area contributed by atoms with E-state index in [2.05, 4.69) is 6.07 Å². The Morgan fingerprint density at radius 2 is 1.23 bits per heavy atom. The molecule has 0 N–H and O–H groups in total. The molecule has 0 spiro atoms. The quantitative estimate of drug-likeness (QED) is 0.416. The molecule has 0 aliphatic carbocycles. The fraction of sp³-hybridized carbons (Fsp3) is 0. The van der Waals surface area contributed by atoms with Crippen LogP contribution < -0.4 is 5.30 Å². The molecule has 0 saturated carbocycles. The van der Waals surface area contributed by atoms with Crippen LogP contribution in [0.4, 0.5) is 0 Å². The van der Waals surface area contributed by atoms with E-state index in [1.165, 1.54) is 0 Å². The molecule has 0 radical (unpaired) electrons. The fourth-order valence-electron chi connectivity index (χ4n) is 3.23. The number of nitrogens with zero attached hydrogens (tertiary/aromatic N) is 1. The molecule has 0 aliphatic rings. The maximum Gasteiger partial charge on any atom is 0.192 e. The van der Waals surface area contributed by atoms with Gasteiger partial charge in [-0.25, -0.2) is 0 Å². The average Bonchev–Trinajstić information content (AvgIpc) is 2.66. The first-order valence-corrected chi connectivity index (χ1v) is 8.42. The number of hydrogen-bond donors (Lipinski definition) is 0. The molecule has 0 aromatic heterocycles. The Morgan fingerprint density at radius 3 is 1.81 bits per heavy atom. The molecule has 26 heavy (non-hydrogen) atoms. The van der Waals surface area contributed by atoms with Gasteiger partial charge in [0.1, 0.15) is 0 Å². The first-order valence-electron chi connectivity index (χ1n) is 7.61. The third kappa shape index (κ3) is 3.87. The monoisotopic (exact) mass is 405 g/mol. The second-order valence-corrected chi connectivity index (χ2v) is 6.26. The van der Waals surface area contributed by atoms with Crippen molar-refractivity contribution >= 4 is 35.3 Å². The summed E-state index contributed by atoms with van der Waals surface area (Å²) in [5, 5.41) is 14.5. The van der Waals surface area contributed by atoms with E-state index >= 15 is 0 Å². The number of hydrogen-bond acceptors (Lipinski definition) is 2. The van der Waals surface area contributed by atoms with Crippen molar-refractivity contribution in [3.05, 3.63) is 78.4 Å². The first kappa shape index (κ1) is 21.8. The summed E-state index contributed by atoms with van der Waals surface area (Å²) in [6.45, 7) is 0. The molecular weight excluding hydrogens is 393 g/mol. The summed E-state index contributed by atoms with van der Waals surface area (Å²) in [6, 6.07) is 25.9. The molecule has 0 bridgehead atoms. The first-order chi connectivity index (χ1) is 11.8. The summed E-state index contributed by atoms with van der Waals surface area (Å²) in [4.78, 5) is 0. The third-order valence-electron chi connectivity index (χ3n) is 4.30. The average molecular weight is 405 g/mol. The maximum absolute atomic E-state index is 11.8. The minimum Gasteiger partial charge on any atom is -0.269 e. The van der Waals surface area contributed by atoms with Crippen molar-refractivity contribution in [3.63, 3.8) is 0 Å². The number of benzene rings is 4. The van der Waals surface area contributed by atoms with Crippen molar-refractivity contribution in [1.82, 2.24) is 0 Å². The maximum atomic E-state index is 11.8. The molecule has 0 saturated heterocycles. The predicted octanol–water partition coefficient (Wildman–Crippen LogP) is 5.45. The van der Waals surface area contributed by atoms with Gasteiger partial charge in [0.05, 0.1) is 16.9 Å². The van der Waals surface area contributed by atoms with Crippen molar-refractivity contribution in [2.75, 3.05) is 0 Å². The van der Waals surface area contributed by atoms with Crippen LogP contribution in [-0.4, -0.2) is 0 Å². The normalized spacial score (nSPS) is 10.1. The van der Waals surface area contributed by atoms with Crippen LogP contribution in [-0.2, 0) is 4.57 Å². The van der Waals surface area contributed by atoms with E-state index in [0.717, 1.165) is 32.7 Å². The summed E-state index contributed by atoms with van der Waals surface area (Å²) in [5.41, 5.74) is 2.32. The van der Waals surface area contributed by atoms with Gasteiger partial charge in [0.2, 0.25) is 0 Å². The van der Waals surface area contributed by atoms with Gasteiger partial charge in [0.15, 0.2) is 8.46 Å². The van der Waals surface area contributed by atoms with Crippen molar-refractivity contribution in [2.45, 2.75) is 0 Å². The Labute approximate surface area is 213 Å². The molecule has 0 fully saturated rings. The minimum absolute atomic E-state index is 0. The van der Waals surface area contributed by atoms with Crippen LogP contribution in [0.2, 0.25) is 0 Å². The van der Waals surface area contributed by atoms with Gasteiger partial charge in [-0.2, -0.15) is 5.26 Å². The van der Waals surface area contributed by atoms with Gasteiger partial charge in [-0.1, -0.05) is 60.7 Å². The minimum atomic E-state index is -0.0497. The molecule has 0 heterocycles. The summed E-state index contributed by atoms with van der Waals surface area (Å²) < 4.78 is 11.8. The molecule has 0 unspecified atom stereocenters. The van der Waals surface area contributed by atoms with E-state index < -0.39 is 0 Å². The van der Waals surface area contributed by atoms with Crippen molar-refractivity contribution in [1.29, 1.82) is 5.26 Å². The fourth-order valence-corrected chi connectivity index (χ4v) is 3.69. The Kier molecular flexibility index (Phi) is 8.07. The van der Waals surface area contributed by atoms with Crippen LogP contribution >= 0.6 is 8.46 Å². The van der Waals surface area contributed by atoms with Gasteiger partial charge in [-0.15, -0.1) is 0 Å². The zero-order chi connectivity index (χ0) is 16.5. The Hall–Kier alpha value is -0.491. The zero-order valence-corrected chi connectivity index (χ0v) is 15.7. The van der Waals surface area contributed by atoms with Crippen molar-refractivity contribution < 1.29 is 80.0 Å². The molecule has 0 aliphatic heterocycles. The van der Waals surface area contributed by atoms with Gasteiger partial charge in [-0.3, -0.25) is 4.57 Å². The van der Waals surface area contributed by atoms with E-state index in [-0.39, 0.29) is 83.9 Å². The molecule has 5 heteroatoms. The van der Waals surface area contributed by atoms with E-state index in [1.807, 2.05) is 72.8 Å². The van der Waals surface area contributed by atoms with E-state index in [4.69, 9.17) is 0 Å². The number of rotatable bonds is 2. The SMILES string of the molecule is N#Cc1ccc2ccccc2c1-c1c(P=O)ccc2ccccc12.[Ar].[Ar]. The van der Waals surface area contributed by atoms with E-state index in [0.29, 0.717) is 10.9 Å². The van der Waals surface area contributed by atoms with Gasteiger partial charge >= 0.3 is 0 Å². The molecule has 4 aromatic carbocycles.